The summed E-state index contributed by atoms with van der Waals surface area (Å²) in [6.07, 6.45) is 5.11. The molecule has 1 amide bonds. The number of benzene rings is 1. The van der Waals surface area contributed by atoms with Crippen molar-refractivity contribution in [2.24, 2.45) is 0 Å². The number of hydrogen-bond donors (Lipinski definition) is 0. The molecule has 4 heterocycles. The van der Waals surface area contributed by atoms with Crippen molar-refractivity contribution >= 4 is 63.5 Å². The largest absolute Gasteiger partial charge is 0.354 e. The lowest BCUT2D eigenvalue weighted by atomic mass is 10.1. The minimum atomic E-state index is -0.173. The predicted octanol–water partition coefficient (Wildman–Crippen LogP) is 4.08. The Balaban J connectivity index is 1.44. The lowest BCUT2D eigenvalue weighted by Gasteiger charge is -2.28. The van der Waals surface area contributed by atoms with E-state index in [2.05, 4.69) is 17.0 Å². The summed E-state index contributed by atoms with van der Waals surface area (Å²) < 4.78 is 2.07. The molecule has 2 aliphatic rings. The van der Waals surface area contributed by atoms with Gasteiger partial charge in [-0.1, -0.05) is 60.4 Å². The number of amides is 1. The highest BCUT2D eigenvalue weighted by Crippen LogP contribution is 2.34. The molecule has 0 aliphatic carbocycles. The Morgan fingerprint density at radius 1 is 1.03 bits per heavy atom. The summed E-state index contributed by atoms with van der Waals surface area (Å²) in [5.41, 5.74) is 2.11. The van der Waals surface area contributed by atoms with E-state index < -0.39 is 0 Å². The summed E-state index contributed by atoms with van der Waals surface area (Å²) in [4.78, 5) is 35.8. The maximum Gasteiger partial charge on any atom is 0.267 e. The minimum absolute atomic E-state index is 0.138. The number of carbonyl (C=O) groups excluding carboxylic acids is 1. The Hall–Kier alpha value is -2.62. The van der Waals surface area contributed by atoms with Gasteiger partial charge in [-0.15, -0.1) is 0 Å². The molecule has 9 heteroatoms. The Morgan fingerprint density at radius 3 is 2.59 bits per heavy atom. The van der Waals surface area contributed by atoms with E-state index in [1.165, 1.54) is 21.7 Å². The molecule has 2 fully saturated rings. The summed E-state index contributed by atoms with van der Waals surface area (Å²) >= 11 is 8.68. The third-order valence-electron chi connectivity index (χ3n) is 5.90. The summed E-state index contributed by atoms with van der Waals surface area (Å²) in [5, 5.41) is 0. The quantitative estimate of drug-likeness (QED) is 0.367. The van der Waals surface area contributed by atoms with E-state index in [9.17, 15) is 9.59 Å². The summed E-state index contributed by atoms with van der Waals surface area (Å²) in [5.74, 6) is 2.48. The van der Waals surface area contributed by atoms with Crippen LogP contribution >= 0.6 is 35.7 Å². The first kappa shape index (κ1) is 23.1. The first-order valence-electron chi connectivity index (χ1n) is 11.3. The van der Waals surface area contributed by atoms with Gasteiger partial charge < -0.3 is 4.90 Å². The van der Waals surface area contributed by atoms with Crippen molar-refractivity contribution in [1.82, 2.24) is 14.3 Å². The van der Waals surface area contributed by atoms with Gasteiger partial charge in [0.1, 0.15) is 15.8 Å². The second-order valence-corrected chi connectivity index (χ2v) is 11.0. The fourth-order valence-electron chi connectivity index (χ4n) is 4.14. The van der Waals surface area contributed by atoms with E-state index in [0.29, 0.717) is 32.8 Å². The highest BCUT2D eigenvalue weighted by molar-refractivity contribution is 8.26. The van der Waals surface area contributed by atoms with Crippen LogP contribution in [0.4, 0.5) is 5.82 Å². The minimum Gasteiger partial charge on any atom is -0.354 e. The van der Waals surface area contributed by atoms with Gasteiger partial charge in [-0.05, 0) is 36.6 Å². The van der Waals surface area contributed by atoms with Crippen LogP contribution in [0.5, 0.6) is 0 Å². The summed E-state index contributed by atoms with van der Waals surface area (Å²) in [6.45, 7) is 2.20. The molecule has 0 bridgehead atoms. The lowest BCUT2D eigenvalue weighted by molar-refractivity contribution is -0.122. The first-order chi connectivity index (χ1) is 16.6. The Kier molecular flexibility index (Phi) is 7.03. The first-order valence-corrected chi connectivity index (χ1v) is 13.6. The molecule has 0 unspecified atom stereocenters. The molecule has 2 aliphatic heterocycles. The van der Waals surface area contributed by atoms with Crippen LogP contribution in [0.2, 0.25) is 0 Å². The van der Waals surface area contributed by atoms with Gasteiger partial charge >= 0.3 is 0 Å². The van der Waals surface area contributed by atoms with Gasteiger partial charge in [0, 0.05) is 37.3 Å². The highest BCUT2D eigenvalue weighted by atomic mass is 32.2. The molecule has 2 aromatic heterocycles. The zero-order valence-electron chi connectivity index (χ0n) is 18.6. The second kappa shape index (κ2) is 10.3. The smallest absolute Gasteiger partial charge is 0.267 e. The molecule has 0 saturated carbocycles. The van der Waals surface area contributed by atoms with Crippen molar-refractivity contribution in [2.45, 2.75) is 12.8 Å². The van der Waals surface area contributed by atoms with Crippen molar-refractivity contribution in [3.63, 3.8) is 0 Å². The lowest BCUT2D eigenvalue weighted by Crippen LogP contribution is -2.36. The molecule has 1 aromatic carbocycles. The third kappa shape index (κ3) is 4.78. The van der Waals surface area contributed by atoms with Crippen molar-refractivity contribution in [3.05, 3.63) is 81.1 Å². The molecule has 6 nitrogen and oxygen atoms in total. The number of nitrogens with zero attached hydrogens (tertiary/aromatic N) is 4. The number of thioether (sulfide) groups is 2. The molecular formula is C25H24N4O2S3. The van der Waals surface area contributed by atoms with E-state index >= 15 is 0 Å². The van der Waals surface area contributed by atoms with Crippen molar-refractivity contribution in [3.8, 4) is 0 Å². The predicted molar refractivity (Wildman–Crippen MR) is 146 cm³/mol. The van der Waals surface area contributed by atoms with Crippen molar-refractivity contribution in [1.29, 1.82) is 0 Å². The zero-order valence-corrected chi connectivity index (χ0v) is 21.0. The van der Waals surface area contributed by atoms with E-state index in [1.807, 2.05) is 48.2 Å². The number of rotatable bonds is 6. The second-order valence-electron chi connectivity index (χ2n) is 8.10. The maximum atomic E-state index is 13.5. The molecule has 2 saturated heterocycles. The van der Waals surface area contributed by atoms with Crippen LogP contribution in [0.25, 0.3) is 11.7 Å². The van der Waals surface area contributed by atoms with Crippen LogP contribution in [0.3, 0.4) is 0 Å². The van der Waals surface area contributed by atoms with Gasteiger partial charge in [0.2, 0.25) is 0 Å². The Bertz CT molecular complexity index is 1320. The van der Waals surface area contributed by atoms with E-state index in [1.54, 1.807) is 17.2 Å². The molecule has 0 spiro atoms. The summed E-state index contributed by atoms with van der Waals surface area (Å²) in [6, 6.07) is 15.7. The van der Waals surface area contributed by atoms with Crippen molar-refractivity contribution in [2.75, 3.05) is 36.0 Å². The van der Waals surface area contributed by atoms with E-state index in [-0.39, 0.29) is 11.5 Å². The number of hydrogen-bond acceptors (Lipinski definition) is 7. The molecule has 5 rings (SSSR count). The number of thiocarbonyl (C=S) groups is 1. The molecule has 0 radical (unpaired) electrons. The normalized spacial score (nSPS) is 17.8. The topological polar surface area (TPSA) is 57.9 Å². The Morgan fingerprint density at radius 2 is 1.79 bits per heavy atom. The zero-order chi connectivity index (χ0) is 23.5. The van der Waals surface area contributed by atoms with Gasteiger partial charge in [0.05, 0.1) is 10.5 Å². The molecule has 0 N–H and O–H groups in total. The van der Waals surface area contributed by atoms with Crippen LogP contribution < -0.4 is 10.5 Å². The average Bonchev–Trinajstić information content (AvgIpc) is 3.14. The molecule has 34 heavy (non-hydrogen) atoms. The number of aryl methyl sites for hydroxylation is 1. The fraction of sp³-hybridized carbons (Fsp3) is 0.280. The Labute approximate surface area is 212 Å². The SMILES string of the molecule is O=C1/C(=C/c2c(N3CCSCC3)nc3ccccn3c2=O)SC(=S)N1CCCc1ccccc1. The van der Waals surface area contributed by atoms with Crippen LogP contribution in [-0.2, 0) is 11.2 Å². The van der Waals surface area contributed by atoms with Crippen LogP contribution in [-0.4, -0.2) is 55.7 Å². The van der Waals surface area contributed by atoms with E-state index in [4.69, 9.17) is 17.2 Å². The molecular weight excluding hydrogens is 485 g/mol. The van der Waals surface area contributed by atoms with Crippen LogP contribution in [0.1, 0.15) is 17.5 Å². The van der Waals surface area contributed by atoms with Gasteiger partial charge in [-0.3, -0.25) is 18.9 Å². The fourth-order valence-corrected chi connectivity index (χ4v) is 6.34. The highest BCUT2D eigenvalue weighted by Gasteiger charge is 2.32. The number of aromatic nitrogens is 2. The third-order valence-corrected chi connectivity index (χ3v) is 8.22. The van der Waals surface area contributed by atoms with Crippen LogP contribution in [0, 0.1) is 0 Å². The molecule has 3 aromatic rings. The monoisotopic (exact) mass is 508 g/mol. The van der Waals surface area contributed by atoms with E-state index in [0.717, 1.165) is 37.4 Å². The van der Waals surface area contributed by atoms with Gasteiger partial charge in [0.15, 0.2) is 0 Å². The maximum absolute atomic E-state index is 13.5. The number of pyridine rings is 1. The molecule has 174 valence electrons. The number of anilines is 1. The van der Waals surface area contributed by atoms with Gasteiger partial charge in [0.25, 0.3) is 11.5 Å². The molecule has 0 atom stereocenters. The average molecular weight is 509 g/mol. The van der Waals surface area contributed by atoms with Crippen molar-refractivity contribution < 1.29 is 4.79 Å². The van der Waals surface area contributed by atoms with Crippen LogP contribution in [0.15, 0.2) is 64.4 Å². The standard InChI is InChI=1S/C25H24N4O2S3/c30-23-19(22(27-13-15-33-16-14-27)26-21-10-4-5-11-28(21)23)17-20-24(31)29(25(32)34-20)12-6-9-18-7-2-1-3-8-18/h1-5,7-8,10-11,17H,6,9,12-16H2/b20-17-. The number of fused-ring (bicyclic) bond motifs is 1. The van der Waals surface area contributed by atoms with Gasteiger partial charge in [-0.25, -0.2) is 4.98 Å². The number of carbonyl (C=O) groups is 1. The summed E-state index contributed by atoms with van der Waals surface area (Å²) in [7, 11) is 0. The van der Waals surface area contributed by atoms with Gasteiger partial charge in [-0.2, -0.15) is 11.8 Å².